The molecule has 8 heteroatoms. The molecular formula is C22H20FNO6. The summed E-state index contributed by atoms with van der Waals surface area (Å²) in [7, 11) is 1.18. The van der Waals surface area contributed by atoms with Crippen molar-refractivity contribution in [3.8, 4) is 5.75 Å². The molecule has 0 fully saturated rings. The standard InChI is InChI=1S/C22H20FNO6/c1-13-19(14(2)30-24-13)12-28-18-6-4-5-16(11-18)21(25)29-20(22(26)27-3)15-7-9-17(23)10-8-15/h4-11,20H,12H2,1-3H3/t20-/m1/s1. The third-order valence-corrected chi connectivity index (χ3v) is 4.45. The van der Waals surface area contributed by atoms with Crippen LogP contribution in [0.5, 0.6) is 5.75 Å². The van der Waals surface area contributed by atoms with Gasteiger partial charge in [0.1, 0.15) is 23.9 Å². The second-order valence-electron chi connectivity index (χ2n) is 6.48. The third-order valence-electron chi connectivity index (χ3n) is 4.45. The van der Waals surface area contributed by atoms with Gasteiger partial charge in [0.05, 0.1) is 23.9 Å². The highest BCUT2D eigenvalue weighted by Gasteiger charge is 2.26. The Morgan fingerprint density at radius 2 is 1.87 bits per heavy atom. The van der Waals surface area contributed by atoms with Crippen molar-refractivity contribution < 1.29 is 32.7 Å². The van der Waals surface area contributed by atoms with Gasteiger partial charge in [-0.15, -0.1) is 0 Å². The summed E-state index contributed by atoms with van der Waals surface area (Å²) in [6, 6.07) is 11.4. The van der Waals surface area contributed by atoms with E-state index in [0.717, 1.165) is 11.3 Å². The molecule has 0 N–H and O–H groups in total. The number of rotatable bonds is 7. The quantitative estimate of drug-likeness (QED) is 0.539. The van der Waals surface area contributed by atoms with E-state index in [1.807, 2.05) is 6.92 Å². The minimum Gasteiger partial charge on any atom is -0.489 e. The second kappa shape index (κ2) is 9.21. The highest BCUT2D eigenvalue weighted by Crippen LogP contribution is 2.23. The molecule has 0 saturated carbocycles. The minimum atomic E-state index is -1.32. The van der Waals surface area contributed by atoms with Gasteiger partial charge in [0, 0.05) is 5.56 Å². The molecule has 0 aliphatic rings. The molecule has 0 amide bonds. The smallest absolute Gasteiger partial charge is 0.351 e. The predicted octanol–water partition coefficient (Wildman–Crippen LogP) is 4.08. The van der Waals surface area contributed by atoms with E-state index in [9.17, 15) is 14.0 Å². The van der Waals surface area contributed by atoms with Crippen LogP contribution in [0.3, 0.4) is 0 Å². The number of nitrogens with zero attached hydrogens (tertiary/aromatic N) is 1. The molecule has 3 aromatic rings. The molecule has 0 aliphatic carbocycles. The van der Waals surface area contributed by atoms with E-state index in [0.29, 0.717) is 17.1 Å². The SMILES string of the molecule is COC(=O)[C@H](OC(=O)c1cccc(OCc2c(C)noc2C)c1)c1ccc(F)cc1. The Bertz CT molecular complexity index is 1020. The average Bonchev–Trinajstić information content (AvgIpc) is 3.08. The Morgan fingerprint density at radius 1 is 1.13 bits per heavy atom. The number of hydrogen-bond donors (Lipinski definition) is 0. The van der Waals surface area contributed by atoms with Crippen molar-refractivity contribution in [3.05, 3.63) is 82.5 Å². The summed E-state index contributed by atoms with van der Waals surface area (Å²) in [4.78, 5) is 24.7. The zero-order valence-electron chi connectivity index (χ0n) is 16.7. The molecule has 156 valence electrons. The van der Waals surface area contributed by atoms with Crippen molar-refractivity contribution in [1.29, 1.82) is 0 Å². The highest BCUT2D eigenvalue weighted by molar-refractivity contribution is 5.92. The molecule has 0 unspecified atom stereocenters. The maximum Gasteiger partial charge on any atom is 0.351 e. The fourth-order valence-corrected chi connectivity index (χ4v) is 2.75. The summed E-state index contributed by atoms with van der Waals surface area (Å²) in [6.45, 7) is 3.82. The Morgan fingerprint density at radius 3 is 2.50 bits per heavy atom. The summed E-state index contributed by atoms with van der Waals surface area (Å²) in [5.41, 5.74) is 2.03. The molecule has 0 saturated heterocycles. The lowest BCUT2D eigenvalue weighted by Gasteiger charge is -2.16. The van der Waals surface area contributed by atoms with Gasteiger partial charge in [-0.1, -0.05) is 23.4 Å². The first-order valence-corrected chi connectivity index (χ1v) is 9.08. The number of hydrogen-bond acceptors (Lipinski definition) is 7. The summed E-state index contributed by atoms with van der Waals surface area (Å²) in [6.07, 6.45) is -1.32. The van der Waals surface area contributed by atoms with Crippen molar-refractivity contribution in [1.82, 2.24) is 5.16 Å². The molecule has 1 heterocycles. The Hall–Kier alpha value is -3.68. The van der Waals surface area contributed by atoms with E-state index in [2.05, 4.69) is 5.16 Å². The zero-order chi connectivity index (χ0) is 21.7. The third kappa shape index (κ3) is 4.83. The summed E-state index contributed by atoms with van der Waals surface area (Å²) in [5.74, 6) is -0.917. The van der Waals surface area contributed by atoms with Crippen LogP contribution in [0.1, 0.15) is 39.0 Å². The summed E-state index contributed by atoms with van der Waals surface area (Å²) in [5, 5.41) is 3.87. The van der Waals surface area contributed by atoms with Gasteiger partial charge >= 0.3 is 11.9 Å². The van der Waals surface area contributed by atoms with Crippen LogP contribution >= 0.6 is 0 Å². The van der Waals surface area contributed by atoms with Gasteiger partial charge in [-0.25, -0.2) is 14.0 Å². The molecule has 0 spiro atoms. The summed E-state index contributed by atoms with van der Waals surface area (Å²) >= 11 is 0. The Labute approximate surface area is 172 Å². The molecule has 2 aromatic carbocycles. The van der Waals surface area contributed by atoms with E-state index in [1.54, 1.807) is 19.1 Å². The van der Waals surface area contributed by atoms with E-state index in [4.69, 9.17) is 18.7 Å². The predicted molar refractivity (Wildman–Crippen MR) is 103 cm³/mol. The molecule has 7 nitrogen and oxygen atoms in total. The number of methoxy groups -OCH3 is 1. The van der Waals surface area contributed by atoms with Gasteiger partial charge in [0.25, 0.3) is 0 Å². The van der Waals surface area contributed by atoms with Crippen molar-refractivity contribution >= 4 is 11.9 Å². The average molecular weight is 413 g/mol. The van der Waals surface area contributed by atoms with Crippen LogP contribution in [0.4, 0.5) is 4.39 Å². The molecule has 0 aliphatic heterocycles. The lowest BCUT2D eigenvalue weighted by molar-refractivity contribution is -0.151. The van der Waals surface area contributed by atoms with Gasteiger partial charge in [-0.05, 0) is 44.2 Å². The highest BCUT2D eigenvalue weighted by atomic mass is 19.1. The molecule has 1 atom stereocenters. The zero-order valence-corrected chi connectivity index (χ0v) is 16.7. The largest absolute Gasteiger partial charge is 0.489 e. The molecule has 1 aromatic heterocycles. The number of aromatic nitrogens is 1. The van der Waals surface area contributed by atoms with Crippen LogP contribution in [0.25, 0.3) is 0 Å². The maximum absolute atomic E-state index is 13.2. The van der Waals surface area contributed by atoms with E-state index < -0.39 is 23.9 Å². The number of benzene rings is 2. The van der Waals surface area contributed by atoms with Crippen LogP contribution in [-0.4, -0.2) is 24.2 Å². The van der Waals surface area contributed by atoms with Gasteiger partial charge in [0.2, 0.25) is 6.10 Å². The van der Waals surface area contributed by atoms with Crippen molar-refractivity contribution in [2.75, 3.05) is 7.11 Å². The molecule has 0 radical (unpaired) electrons. The number of ether oxygens (including phenoxy) is 3. The monoisotopic (exact) mass is 413 g/mol. The van der Waals surface area contributed by atoms with Gasteiger partial charge < -0.3 is 18.7 Å². The van der Waals surface area contributed by atoms with Crippen LogP contribution < -0.4 is 4.74 Å². The molecule has 0 bridgehead atoms. The van der Waals surface area contributed by atoms with E-state index in [-0.39, 0.29) is 12.2 Å². The van der Waals surface area contributed by atoms with Gasteiger partial charge in [-0.3, -0.25) is 0 Å². The number of carbonyl (C=O) groups is 2. The van der Waals surface area contributed by atoms with Crippen LogP contribution in [-0.2, 0) is 20.9 Å². The first kappa shape index (κ1) is 21.0. The van der Waals surface area contributed by atoms with Gasteiger partial charge in [0.15, 0.2) is 0 Å². The van der Waals surface area contributed by atoms with Crippen LogP contribution in [0.2, 0.25) is 0 Å². The van der Waals surface area contributed by atoms with Crippen molar-refractivity contribution in [2.45, 2.75) is 26.6 Å². The number of esters is 2. The number of halogens is 1. The Kier molecular flexibility index (Phi) is 6.46. The van der Waals surface area contributed by atoms with Crippen LogP contribution in [0.15, 0.2) is 53.1 Å². The molecule has 30 heavy (non-hydrogen) atoms. The first-order valence-electron chi connectivity index (χ1n) is 9.08. The van der Waals surface area contributed by atoms with Crippen molar-refractivity contribution in [3.63, 3.8) is 0 Å². The van der Waals surface area contributed by atoms with E-state index in [1.165, 1.54) is 43.5 Å². The number of carbonyl (C=O) groups excluding carboxylic acids is 2. The molecular weight excluding hydrogens is 393 g/mol. The van der Waals surface area contributed by atoms with Crippen LogP contribution in [0, 0.1) is 19.7 Å². The fourth-order valence-electron chi connectivity index (χ4n) is 2.75. The Balaban J connectivity index is 1.74. The van der Waals surface area contributed by atoms with Crippen molar-refractivity contribution in [2.24, 2.45) is 0 Å². The summed E-state index contributed by atoms with van der Waals surface area (Å²) < 4.78 is 34.1. The number of aryl methyl sites for hydroxylation is 2. The lowest BCUT2D eigenvalue weighted by Crippen LogP contribution is -2.21. The topological polar surface area (TPSA) is 87.9 Å². The lowest BCUT2D eigenvalue weighted by atomic mass is 10.1. The minimum absolute atomic E-state index is 0.183. The first-order chi connectivity index (χ1) is 14.4. The van der Waals surface area contributed by atoms with Gasteiger partial charge in [-0.2, -0.15) is 0 Å². The van der Waals surface area contributed by atoms with E-state index >= 15 is 0 Å². The maximum atomic E-state index is 13.2. The normalized spacial score (nSPS) is 11.6. The fraction of sp³-hybridized carbons (Fsp3) is 0.227. The molecule has 3 rings (SSSR count). The second-order valence-corrected chi connectivity index (χ2v) is 6.48.